The van der Waals surface area contributed by atoms with Crippen LogP contribution < -0.4 is 0 Å². The van der Waals surface area contributed by atoms with E-state index in [1.54, 1.807) is 37.3 Å². The van der Waals surface area contributed by atoms with Crippen LogP contribution in [0.1, 0.15) is 23.6 Å². The van der Waals surface area contributed by atoms with Gasteiger partial charge in [-0.15, -0.1) is 0 Å². The lowest BCUT2D eigenvalue weighted by molar-refractivity contribution is 0.0991. The Kier molecular flexibility index (Phi) is 4.04. The predicted molar refractivity (Wildman–Crippen MR) is 75.1 cm³/mol. The van der Waals surface area contributed by atoms with Crippen LogP contribution in [-0.2, 0) is 12.2 Å². The second kappa shape index (κ2) is 5.41. The molecule has 0 fully saturated rings. The van der Waals surface area contributed by atoms with Crippen molar-refractivity contribution in [3.8, 4) is 0 Å². The van der Waals surface area contributed by atoms with Crippen LogP contribution in [-0.4, -0.2) is 10.2 Å². The second-order valence-electron chi connectivity index (χ2n) is 4.54. The van der Waals surface area contributed by atoms with Crippen LogP contribution in [0.15, 0.2) is 46.9 Å². The molecule has 2 nitrogen and oxygen atoms in total. The molecule has 0 saturated carbocycles. The molecule has 0 aliphatic heterocycles. The normalized spacial score (nSPS) is 14.2. The van der Waals surface area contributed by atoms with Gasteiger partial charge in [0.05, 0.1) is 6.61 Å². The van der Waals surface area contributed by atoms with Crippen molar-refractivity contribution < 1.29 is 14.6 Å². The van der Waals surface area contributed by atoms with Gasteiger partial charge in [-0.25, -0.2) is 4.39 Å². The van der Waals surface area contributed by atoms with Crippen molar-refractivity contribution in [2.75, 3.05) is 0 Å². The summed E-state index contributed by atoms with van der Waals surface area (Å²) in [6.45, 7) is 1.45. The second-order valence-corrected chi connectivity index (χ2v) is 5.45. The number of aliphatic hydroxyl groups is 2. The zero-order chi connectivity index (χ0) is 14.0. The fraction of sp³-hybridized carbons (Fsp3) is 0.200. The summed E-state index contributed by atoms with van der Waals surface area (Å²) < 4.78 is 13.8. The fourth-order valence-electron chi connectivity index (χ4n) is 2.10. The van der Waals surface area contributed by atoms with Crippen molar-refractivity contribution in [2.45, 2.75) is 19.1 Å². The molecule has 0 bridgehead atoms. The summed E-state index contributed by atoms with van der Waals surface area (Å²) in [5.41, 5.74) is 0.520. The maximum atomic E-state index is 12.9. The molecule has 1 atom stereocenters. The molecule has 0 radical (unpaired) electrons. The van der Waals surface area contributed by atoms with E-state index in [0.29, 0.717) is 16.7 Å². The maximum Gasteiger partial charge on any atom is 0.123 e. The van der Waals surface area contributed by atoms with E-state index >= 15 is 0 Å². The fourth-order valence-corrected chi connectivity index (χ4v) is 2.51. The van der Waals surface area contributed by atoms with Crippen molar-refractivity contribution in [3.63, 3.8) is 0 Å². The van der Waals surface area contributed by atoms with Gasteiger partial charge in [0.15, 0.2) is 0 Å². The summed E-state index contributed by atoms with van der Waals surface area (Å²) in [4.78, 5) is 0. The smallest absolute Gasteiger partial charge is 0.123 e. The number of benzene rings is 2. The van der Waals surface area contributed by atoms with Crippen LogP contribution in [0.2, 0.25) is 0 Å². The molecule has 0 spiro atoms. The molecule has 19 heavy (non-hydrogen) atoms. The van der Waals surface area contributed by atoms with Crippen molar-refractivity contribution in [1.82, 2.24) is 0 Å². The molecule has 2 rings (SSSR count). The van der Waals surface area contributed by atoms with Gasteiger partial charge in [0.25, 0.3) is 0 Å². The molecular weight excluding hydrogens is 311 g/mol. The zero-order valence-electron chi connectivity index (χ0n) is 10.4. The Hall–Kier alpha value is -1.23. The first-order chi connectivity index (χ1) is 8.95. The van der Waals surface area contributed by atoms with Crippen molar-refractivity contribution in [2.24, 2.45) is 0 Å². The van der Waals surface area contributed by atoms with Gasteiger partial charge in [0.2, 0.25) is 0 Å². The summed E-state index contributed by atoms with van der Waals surface area (Å²) in [7, 11) is 0. The molecule has 1 unspecified atom stereocenters. The number of hydrogen-bond donors (Lipinski definition) is 2. The van der Waals surface area contributed by atoms with Gasteiger partial charge in [-0.2, -0.15) is 0 Å². The molecule has 4 heteroatoms. The standard InChI is InChI=1S/C15H14BrFO2/c1-15(19,11-2-5-13(17)6-3-11)14-7-4-12(16)8-10(14)9-18/h2-8,18-19H,9H2,1H3. The largest absolute Gasteiger partial charge is 0.392 e. The van der Waals surface area contributed by atoms with Crippen molar-refractivity contribution in [1.29, 1.82) is 0 Å². The van der Waals surface area contributed by atoms with Gasteiger partial charge in [0.1, 0.15) is 11.4 Å². The van der Waals surface area contributed by atoms with Gasteiger partial charge in [-0.05, 0) is 47.9 Å². The van der Waals surface area contributed by atoms with E-state index in [0.717, 1.165) is 4.47 Å². The quantitative estimate of drug-likeness (QED) is 0.909. The van der Waals surface area contributed by atoms with Crippen LogP contribution in [0.4, 0.5) is 4.39 Å². The number of rotatable bonds is 3. The minimum absolute atomic E-state index is 0.174. The van der Waals surface area contributed by atoms with E-state index in [2.05, 4.69) is 15.9 Å². The van der Waals surface area contributed by atoms with Crippen LogP contribution in [0, 0.1) is 5.82 Å². The van der Waals surface area contributed by atoms with Gasteiger partial charge >= 0.3 is 0 Å². The average Bonchev–Trinajstić information content (AvgIpc) is 2.38. The van der Waals surface area contributed by atoms with Gasteiger partial charge in [0, 0.05) is 4.47 Å². The third-order valence-electron chi connectivity index (χ3n) is 3.17. The summed E-state index contributed by atoms with van der Waals surface area (Å²) in [5, 5.41) is 20.1. The van der Waals surface area contributed by atoms with E-state index in [4.69, 9.17) is 0 Å². The van der Waals surface area contributed by atoms with E-state index in [-0.39, 0.29) is 12.4 Å². The molecule has 100 valence electrons. The first-order valence-corrected chi connectivity index (χ1v) is 6.62. The molecule has 2 aromatic carbocycles. The Labute approximate surface area is 119 Å². The highest BCUT2D eigenvalue weighted by Crippen LogP contribution is 2.33. The average molecular weight is 325 g/mol. The molecule has 0 heterocycles. The lowest BCUT2D eigenvalue weighted by Crippen LogP contribution is -2.24. The van der Waals surface area contributed by atoms with Crippen LogP contribution in [0.25, 0.3) is 0 Å². The topological polar surface area (TPSA) is 40.5 Å². The Morgan fingerprint density at radius 1 is 1.16 bits per heavy atom. The van der Waals surface area contributed by atoms with E-state index in [1.165, 1.54) is 12.1 Å². The van der Waals surface area contributed by atoms with Crippen molar-refractivity contribution >= 4 is 15.9 Å². The Bertz CT molecular complexity index is 579. The van der Waals surface area contributed by atoms with E-state index < -0.39 is 5.60 Å². The first-order valence-electron chi connectivity index (χ1n) is 5.83. The summed E-state index contributed by atoms with van der Waals surface area (Å²) in [5.74, 6) is -0.349. The highest BCUT2D eigenvalue weighted by atomic mass is 79.9. The number of aliphatic hydroxyl groups excluding tert-OH is 1. The summed E-state index contributed by atoms with van der Waals surface area (Å²) >= 11 is 3.33. The minimum Gasteiger partial charge on any atom is -0.392 e. The van der Waals surface area contributed by atoms with Crippen LogP contribution in [0.3, 0.4) is 0 Å². The molecule has 0 aromatic heterocycles. The highest BCUT2D eigenvalue weighted by molar-refractivity contribution is 9.10. The predicted octanol–water partition coefficient (Wildman–Crippen LogP) is 3.34. The summed E-state index contributed by atoms with van der Waals surface area (Å²) in [6.07, 6.45) is 0. The van der Waals surface area contributed by atoms with Gasteiger partial charge in [-0.1, -0.05) is 34.1 Å². The minimum atomic E-state index is -1.29. The van der Waals surface area contributed by atoms with Gasteiger partial charge < -0.3 is 10.2 Å². The van der Waals surface area contributed by atoms with Crippen LogP contribution >= 0.6 is 15.9 Å². The molecule has 0 saturated heterocycles. The molecule has 0 aliphatic carbocycles. The third-order valence-corrected chi connectivity index (χ3v) is 3.66. The van der Waals surface area contributed by atoms with Crippen LogP contribution in [0.5, 0.6) is 0 Å². The highest BCUT2D eigenvalue weighted by Gasteiger charge is 2.28. The lowest BCUT2D eigenvalue weighted by atomic mass is 9.85. The zero-order valence-corrected chi connectivity index (χ0v) is 12.0. The molecular formula is C15H14BrFO2. The Morgan fingerprint density at radius 2 is 1.79 bits per heavy atom. The number of hydrogen-bond acceptors (Lipinski definition) is 2. The monoisotopic (exact) mass is 324 g/mol. The van der Waals surface area contributed by atoms with E-state index in [1.807, 2.05) is 0 Å². The summed E-state index contributed by atoms with van der Waals surface area (Å²) in [6, 6.07) is 11.0. The molecule has 0 aliphatic rings. The Morgan fingerprint density at radius 3 is 2.37 bits per heavy atom. The van der Waals surface area contributed by atoms with Gasteiger partial charge in [-0.3, -0.25) is 0 Å². The Balaban J connectivity index is 2.52. The first kappa shape index (κ1) is 14.2. The number of halogens is 2. The molecule has 2 N–H and O–H groups in total. The maximum absolute atomic E-state index is 12.9. The molecule has 2 aromatic rings. The molecule has 0 amide bonds. The lowest BCUT2D eigenvalue weighted by Gasteiger charge is -2.27. The van der Waals surface area contributed by atoms with Crippen molar-refractivity contribution in [3.05, 3.63) is 69.4 Å². The van der Waals surface area contributed by atoms with E-state index in [9.17, 15) is 14.6 Å². The SMILES string of the molecule is CC(O)(c1ccc(F)cc1)c1ccc(Br)cc1CO. The third kappa shape index (κ3) is 2.86.